The van der Waals surface area contributed by atoms with Gasteiger partial charge in [0, 0.05) is 15.4 Å². The predicted molar refractivity (Wildman–Crippen MR) is 107 cm³/mol. The number of Topliss-reactive ketones (excluding diaryl/α,β-unsaturated/α-hetero) is 1. The minimum absolute atomic E-state index is 0.161. The van der Waals surface area contributed by atoms with Crippen LogP contribution in [0.2, 0.25) is 0 Å². The van der Waals surface area contributed by atoms with Crippen LogP contribution in [0.3, 0.4) is 0 Å². The summed E-state index contributed by atoms with van der Waals surface area (Å²) in [6, 6.07) is 16.4. The van der Waals surface area contributed by atoms with Gasteiger partial charge in [0.1, 0.15) is 0 Å². The molecule has 0 spiro atoms. The van der Waals surface area contributed by atoms with E-state index in [1.54, 1.807) is 23.5 Å². The molecule has 1 unspecified atom stereocenters. The molecule has 2 aromatic carbocycles. The lowest BCUT2D eigenvalue weighted by atomic mass is 9.84. The lowest BCUT2D eigenvalue weighted by molar-refractivity contribution is 0.0719. The first kappa shape index (κ1) is 19.1. The molecule has 0 aliphatic heterocycles. The maximum Gasteiger partial charge on any atom is 0.183 e. The van der Waals surface area contributed by atoms with Crippen LogP contribution in [-0.4, -0.2) is 42.8 Å². The van der Waals surface area contributed by atoms with Gasteiger partial charge in [0.25, 0.3) is 0 Å². The summed E-state index contributed by atoms with van der Waals surface area (Å²) in [7, 11) is 3.95. The zero-order valence-corrected chi connectivity index (χ0v) is 16.6. The van der Waals surface area contributed by atoms with Gasteiger partial charge in [-0.05, 0) is 69.8 Å². The van der Waals surface area contributed by atoms with E-state index in [4.69, 9.17) is 0 Å². The molecule has 0 aliphatic rings. The standard InChI is InChI=1S/C20H25NOS2/c1-20(21(2)3,14-15-6-10-17(23-4)11-7-15)19(22)16-8-12-18(24-5)13-9-16/h6-13H,14H2,1-5H3. The van der Waals surface area contributed by atoms with Gasteiger partial charge < -0.3 is 0 Å². The molecule has 24 heavy (non-hydrogen) atoms. The fourth-order valence-electron chi connectivity index (χ4n) is 2.64. The summed E-state index contributed by atoms with van der Waals surface area (Å²) in [6.07, 6.45) is 4.80. The number of benzene rings is 2. The van der Waals surface area contributed by atoms with Crippen molar-refractivity contribution in [2.45, 2.75) is 28.7 Å². The average molecular weight is 360 g/mol. The van der Waals surface area contributed by atoms with Crippen LogP contribution in [0.25, 0.3) is 0 Å². The van der Waals surface area contributed by atoms with Gasteiger partial charge in [-0.15, -0.1) is 23.5 Å². The number of hydrogen-bond donors (Lipinski definition) is 0. The monoisotopic (exact) mass is 359 g/mol. The number of likely N-dealkylation sites (N-methyl/N-ethyl adjacent to an activating group) is 1. The van der Waals surface area contributed by atoms with Crippen molar-refractivity contribution in [2.24, 2.45) is 0 Å². The molecule has 0 heterocycles. The number of rotatable bonds is 7. The molecule has 128 valence electrons. The van der Waals surface area contributed by atoms with E-state index in [9.17, 15) is 4.79 Å². The largest absolute Gasteiger partial charge is 0.297 e. The fraction of sp³-hybridized carbons (Fsp3) is 0.350. The Bertz CT molecular complexity index is 680. The third-order valence-corrected chi connectivity index (χ3v) is 6.02. The topological polar surface area (TPSA) is 20.3 Å². The molecule has 0 saturated carbocycles. The quantitative estimate of drug-likeness (QED) is 0.518. The summed E-state index contributed by atoms with van der Waals surface area (Å²) in [5, 5.41) is 0. The third-order valence-electron chi connectivity index (χ3n) is 4.54. The molecule has 4 heteroatoms. The molecule has 2 aromatic rings. The van der Waals surface area contributed by atoms with E-state index >= 15 is 0 Å². The lowest BCUT2D eigenvalue weighted by Gasteiger charge is -2.35. The van der Waals surface area contributed by atoms with E-state index < -0.39 is 5.54 Å². The Morgan fingerprint density at radius 1 is 0.917 bits per heavy atom. The molecular weight excluding hydrogens is 334 g/mol. The molecule has 2 nitrogen and oxygen atoms in total. The van der Waals surface area contributed by atoms with Crippen molar-refractivity contribution in [3.63, 3.8) is 0 Å². The number of hydrogen-bond acceptors (Lipinski definition) is 4. The summed E-state index contributed by atoms with van der Waals surface area (Å²) in [5.74, 6) is 0.161. The van der Waals surface area contributed by atoms with E-state index in [-0.39, 0.29) is 5.78 Å². The first-order chi connectivity index (χ1) is 11.4. The molecule has 0 N–H and O–H groups in total. The van der Waals surface area contributed by atoms with Gasteiger partial charge in [-0.2, -0.15) is 0 Å². The molecule has 0 saturated heterocycles. The zero-order valence-electron chi connectivity index (χ0n) is 15.0. The Hall–Kier alpha value is -1.23. The maximum atomic E-state index is 13.2. The zero-order chi connectivity index (χ0) is 17.7. The maximum absolute atomic E-state index is 13.2. The minimum Gasteiger partial charge on any atom is -0.297 e. The number of nitrogens with zero attached hydrogens (tertiary/aromatic N) is 1. The first-order valence-corrected chi connectivity index (χ1v) is 10.3. The highest BCUT2D eigenvalue weighted by atomic mass is 32.2. The third kappa shape index (κ3) is 4.24. The second-order valence-electron chi connectivity index (χ2n) is 6.25. The fourth-order valence-corrected chi connectivity index (χ4v) is 3.45. The van der Waals surface area contributed by atoms with Gasteiger partial charge in [-0.1, -0.05) is 24.3 Å². The molecule has 0 aromatic heterocycles. The van der Waals surface area contributed by atoms with E-state index in [1.807, 2.05) is 56.4 Å². The van der Waals surface area contributed by atoms with Gasteiger partial charge in [-0.25, -0.2) is 0 Å². The Labute approximate surface area is 154 Å². The number of carbonyl (C=O) groups is 1. The minimum atomic E-state index is -0.568. The number of carbonyl (C=O) groups excluding carboxylic acids is 1. The van der Waals surface area contributed by atoms with Crippen molar-refractivity contribution in [1.29, 1.82) is 0 Å². The van der Waals surface area contributed by atoms with Crippen LogP contribution in [0.15, 0.2) is 58.3 Å². The average Bonchev–Trinajstić information content (AvgIpc) is 2.61. The van der Waals surface area contributed by atoms with Crippen LogP contribution >= 0.6 is 23.5 Å². The van der Waals surface area contributed by atoms with E-state index in [0.29, 0.717) is 6.42 Å². The Morgan fingerprint density at radius 2 is 1.38 bits per heavy atom. The van der Waals surface area contributed by atoms with Crippen LogP contribution in [0.1, 0.15) is 22.8 Å². The molecule has 0 aliphatic carbocycles. The summed E-state index contributed by atoms with van der Waals surface area (Å²) < 4.78 is 0. The molecule has 0 fully saturated rings. The summed E-state index contributed by atoms with van der Waals surface area (Å²) >= 11 is 3.41. The van der Waals surface area contributed by atoms with Crippen molar-refractivity contribution >= 4 is 29.3 Å². The summed E-state index contributed by atoms with van der Waals surface area (Å²) in [4.78, 5) is 17.6. The van der Waals surface area contributed by atoms with Crippen molar-refractivity contribution in [2.75, 3.05) is 26.6 Å². The van der Waals surface area contributed by atoms with Gasteiger partial charge in [0.2, 0.25) is 0 Å². The SMILES string of the molecule is CSc1ccc(CC(C)(C(=O)c2ccc(SC)cc2)N(C)C)cc1. The van der Waals surface area contributed by atoms with Crippen LogP contribution in [0.5, 0.6) is 0 Å². The second kappa shape index (κ2) is 8.24. The Kier molecular flexibility index (Phi) is 6.55. The highest BCUT2D eigenvalue weighted by Crippen LogP contribution is 2.26. The smallest absolute Gasteiger partial charge is 0.183 e. The van der Waals surface area contributed by atoms with Crippen LogP contribution in [0.4, 0.5) is 0 Å². The van der Waals surface area contributed by atoms with Crippen molar-refractivity contribution < 1.29 is 4.79 Å². The highest BCUT2D eigenvalue weighted by Gasteiger charge is 2.36. The number of ketones is 1. The van der Waals surface area contributed by atoms with Gasteiger partial charge >= 0.3 is 0 Å². The molecule has 2 rings (SSSR count). The van der Waals surface area contributed by atoms with Crippen LogP contribution in [0, 0.1) is 0 Å². The highest BCUT2D eigenvalue weighted by molar-refractivity contribution is 7.98. The molecule has 0 amide bonds. The van der Waals surface area contributed by atoms with E-state index in [2.05, 4.69) is 30.5 Å². The second-order valence-corrected chi connectivity index (χ2v) is 8.01. The summed E-state index contributed by atoms with van der Waals surface area (Å²) in [5.41, 5.74) is 1.38. The summed E-state index contributed by atoms with van der Waals surface area (Å²) in [6.45, 7) is 2.03. The lowest BCUT2D eigenvalue weighted by Crippen LogP contribution is -2.50. The Morgan fingerprint density at radius 3 is 1.79 bits per heavy atom. The van der Waals surface area contributed by atoms with Gasteiger partial charge in [0.05, 0.1) is 5.54 Å². The van der Waals surface area contributed by atoms with Crippen LogP contribution < -0.4 is 0 Å². The van der Waals surface area contributed by atoms with Crippen LogP contribution in [-0.2, 0) is 6.42 Å². The predicted octanol–water partition coefficient (Wildman–Crippen LogP) is 4.88. The van der Waals surface area contributed by atoms with Gasteiger partial charge in [-0.3, -0.25) is 9.69 Å². The van der Waals surface area contributed by atoms with Crippen molar-refractivity contribution in [3.8, 4) is 0 Å². The van der Waals surface area contributed by atoms with Crippen molar-refractivity contribution in [3.05, 3.63) is 59.7 Å². The molecule has 0 radical (unpaired) electrons. The first-order valence-electron chi connectivity index (χ1n) is 7.90. The van der Waals surface area contributed by atoms with Crippen molar-refractivity contribution in [1.82, 2.24) is 4.90 Å². The molecule has 0 bridgehead atoms. The van der Waals surface area contributed by atoms with E-state index in [1.165, 1.54) is 15.4 Å². The molecular formula is C20H25NOS2. The number of thioether (sulfide) groups is 2. The molecule has 1 atom stereocenters. The normalized spacial score (nSPS) is 13.8. The van der Waals surface area contributed by atoms with E-state index in [0.717, 1.165) is 5.56 Å². The Balaban J connectivity index is 2.28. The van der Waals surface area contributed by atoms with Gasteiger partial charge in [0.15, 0.2) is 5.78 Å².